The minimum Gasteiger partial charge on any atom is -0.346 e. The van der Waals surface area contributed by atoms with Crippen LogP contribution < -0.4 is 5.32 Å². The van der Waals surface area contributed by atoms with Crippen molar-refractivity contribution in [2.24, 2.45) is 0 Å². The molecule has 0 saturated heterocycles. The van der Waals surface area contributed by atoms with E-state index in [1.54, 1.807) is 18.3 Å². The molecule has 0 radical (unpaired) electrons. The maximum atomic E-state index is 13.4. The van der Waals surface area contributed by atoms with Gasteiger partial charge in [-0.2, -0.15) is 4.68 Å². The van der Waals surface area contributed by atoms with Crippen LogP contribution >= 0.6 is 0 Å². The predicted octanol–water partition coefficient (Wildman–Crippen LogP) is 1.13. The highest BCUT2D eigenvalue weighted by atomic mass is 19.1. The molecular weight excluding hydrogens is 287 g/mol. The number of hydrogen-bond acceptors (Lipinski definition) is 5. The molecule has 1 aromatic carbocycles. The molecule has 0 atom stereocenters. The summed E-state index contributed by atoms with van der Waals surface area (Å²) in [5.41, 5.74) is 1.26. The number of nitrogens with one attached hydrogen (secondary N) is 1. The molecule has 1 N–H and O–H groups in total. The maximum Gasteiger partial charge on any atom is 0.253 e. The normalized spacial score (nSPS) is 10.4. The lowest BCUT2D eigenvalue weighted by molar-refractivity contribution is 0.0950. The van der Waals surface area contributed by atoms with E-state index in [1.165, 1.54) is 29.2 Å². The van der Waals surface area contributed by atoms with Crippen molar-refractivity contribution in [3.8, 4) is 5.69 Å². The van der Waals surface area contributed by atoms with Crippen molar-refractivity contribution in [1.82, 2.24) is 30.5 Å². The Labute approximate surface area is 124 Å². The van der Waals surface area contributed by atoms with Gasteiger partial charge in [0, 0.05) is 12.3 Å². The Morgan fingerprint density at radius 1 is 1.27 bits per heavy atom. The number of halogens is 1. The summed E-state index contributed by atoms with van der Waals surface area (Å²) in [5.74, 6) is -0.845. The van der Waals surface area contributed by atoms with Gasteiger partial charge in [-0.1, -0.05) is 6.07 Å². The lowest BCUT2D eigenvalue weighted by Crippen LogP contribution is -2.24. The van der Waals surface area contributed by atoms with E-state index < -0.39 is 5.82 Å². The molecule has 0 aliphatic carbocycles. The summed E-state index contributed by atoms with van der Waals surface area (Å²) in [4.78, 5) is 16.4. The van der Waals surface area contributed by atoms with E-state index >= 15 is 0 Å². The molecule has 2 aromatic heterocycles. The quantitative estimate of drug-likeness (QED) is 0.780. The van der Waals surface area contributed by atoms with Crippen molar-refractivity contribution in [1.29, 1.82) is 0 Å². The SMILES string of the molecule is O=C(NCc1ccccn1)c1ccc(F)cc1-n1cnnn1. The fourth-order valence-electron chi connectivity index (χ4n) is 1.93. The molecule has 3 aromatic rings. The number of aromatic nitrogens is 5. The lowest BCUT2D eigenvalue weighted by Gasteiger charge is -2.09. The Bertz CT molecular complexity index is 775. The minimum absolute atomic E-state index is 0.267. The molecule has 8 heteroatoms. The van der Waals surface area contributed by atoms with E-state index in [0.717, 1.165) is 5.69 Å². The first-order chi connectivity index (χ1) is 10.7. The Morgan fingerprint density at radius 3 is 2.91 bits per heavy atom. The summed E-state index contributed by atoms with van der Waals surface area (Å²) in [6, 6.07) is 9.23. The second-order valence-electron chi connectivity index (χ2n) is 4.42. The number of rotatable bonds is 4. The third kappa shape index (κ3) is 2.95. The van der Waals surface area contributed by atoms with E-state index in [-0.39, 0.29) is 23.7 Å². The molecule has 0 aliphatic rings. The fourth-order valence-corrected chi connectivity index (χ4v) is 1.93. The number of amides is 1. The van der Waals surface area contributed by atoms with Gasteiger partial charge in [0.1, 0.15) is 12.1 Å². The molecule has 1 amide bonds. The molecule has 7 nitrogen and oxygen atoms in total. The summed E-state index contributed by atoms with van der Waals surface area (Å²) in [5, 5.41) is 13.4. The van der Waals surface area contributed by atoms with Crippen LogP contribution in [0, 0.1) is 5.82 Å². The summed E-state index contributed by atoms with van der Waals surface area (Å²) in [6.07, 6.45) is 2.94. The third-order valence-corrected chi connectivity index (χ3v) is 2.96. The van der Waals surface area contributed by atoms with Crippen LogP contribution in [-0.2, 0) is 6.54 Å². The van der Waals surface area contributed by atoms with Crippen LogP contribution in [0.2, 0.25) is 0 Å². The van der Waals surface area contributed by atoms with E-state index in [4.69, 9.17) is 0 Å². The van der Waals surface area contributed by atoms with Crippen molar-refractivity contribution in [2.45, 2.75) is 6.54 Å². The summed E-state index contributed by atoms with van der Waals surface area (Å²) in [7, 11) is 0. The van der Waals surface area contributed by atoms with Gasteiger partial charge in [0.25, 0.3) is 5.91 Å². The topological polar surface area (TPSA) is 85.6 Å². The number of pyridine rings is 1. The Morgan fingerprint density at radius 2 is 2.18 bits per heavy atom. The van der Waals surface area contributed by atoms with Gasteiger partial charge in [0.15, 0.2) is 0 Å². The van der Waals surface area contributed by atoms with Crippen molar-refractivity contribution in [3.05, 3.63) is 66.0 Å². The third-order valence-electron chi connectivity index (χ3n) is 2.96. The first-order valence-electron chi connectivity index (χ1n) is 6.45. The van der Waals surface area contributed by atoms with Gasteiger partial charge < -0.3 is 5.32 Å². The molecule has 0 aliphatic heterocycles. The second kappa shape index (κ2) is 6.08. The van der Waals surface area contributed by atoms with Crippen molar-refractivity contribution < 1.29 is 9.18 Å². The largest absolute Gasteiger partial charge is 0.346 e. The average Bonchev–Trinajstić information content (AvgIpc) is 3.08. The van der Waals surface area contributed by atoms with Gasteiger partial charge in [-0.25, -0.2) is 4.39 Å². The summed E-state index contributed by atoms with van der Waals surface area (Å²) >= 11 is 0. The van der Waals surface area contributed by atoms with Crippen molar-refractivity contribution >= 4 is 5.91 Å². The van der Waals surface area contributed by atoms with Gasteiger partial charge in [-0.3, -0.25) is 9.78 Å². The van der Waals surface area contributed by atoms with Crippen LogP contribution in [0.1, 0.15) is 16.1 Å². The zero-order valence-electron chi connectivity index (χ0n) is 11.3. The molecule has 3 rings (SSSR count). The van der Waals surface area contributed by atoms with Crippen LogP contribution in [-0.4, -0.2) is 31.1 Å². The maximum absolute atomic E-state index is 13.4. The van der Waals surface area contributed by atoms with Gasteiger partial charge in [-0.05, 0) is 34.7 Å². The molecule has 0 saturated carbocycles. The zero-order valence-corrected chi connectivity index (χ0v) is 11.3. The highest BCUT2D eigenvalue weighted by Gasteiger charge is 2.14. The highest BCUT2D eigenvalue weighted by molar-refractivity contribution is 5.97. The van der Waals surface area contributed by atoms with Crippen LogP contribution in [0.15, 0.2) is 48.9 Å². The van der Waals surface area contributed by atoms with Crippen LogP contribution in [0.25, 0.3) is 5.69 Å². The molecule has 22 heavy (non-hydrogen) atoms. The number of carbonyl (C=O) groups excluding carboxylic acids is 1. The smallest absolute Gasteiger partial charge is 0.253 e. The van der Waals surface area contributed by atoms with Crippen LogP contribution in [0.4, 0.5) is 4.39 Å². The molecular formula is C14H11FN6O. The van der Waals surface area contributed by atoms with Crippen LogP contribution in [0.5, 0.6) is 0 Å². The van der Waals surface area contributed by atoms with Crippen molar-refractivity contribution in [3.63, 3.8) is 0 Å². The Kier molecular flexibility index (Phi) is 3.82. The average molecular weight is 298 g/mol. The standard InChI is InChI=1S/C14H11FN6O/c15-10-4-5-12(13(7-10)21-9-18-19-20-21)14(22)17-8-11-3-1-2-6-16-11/h1-7,9H,8H2,(H,17,22). The molecule has 2 heterocycles. The van der Waals surface area contributed by atoms with E-state index in [0.29, 0.717) is 0 Å². The van der Waals surface area contributed by atoms with Gasteiger partial charge >= 0.3 is 0 Å². The van der Waals surface area contributed by atoms with E-state index in [2.05, 4.69) is 25.8 Å². The number of nitrogens with zero attached hydrogens (tertiary/aromatic N) is 5. The molecule has 0 fully saturated rings. The summed E-state index contributed by atoms with van der Waals surface area (Å²) in [6.45, 7) is 0.270. The molecule has 0 bridgehead atoms. The summed E-state index contributed by atoms with van der Waals surface area (Å²) < 4.78 is 14.7. The molecule has 0 unspecified atom stereocenters. The van der Waals surface area contributed by atoms with E-state index in [9.17, 15) is 9.18 Å². The second-order valence-corrected chi connectivity index (χ2v) is 4.42. The lowest BCUT2D eigenvalue weighted by atomic mass is 10.1. The number of tetrazole rings is 1. The Hall–Kier alpha value is -3.16. The highest BCUT2D eigenvalue weighted by Crippen LogP contribution is 2.15. The van der Waals surface area contributed by atoms with E-state index in [1.807, 2.05) is 6.07 Å². The first-order valence-corrected chi connectivity index (χ1v) is 6.45. The number of hydrogen-bond donors (Lipinski definition) is 1. The number of carbonyl (C=O) groups is 1. The Balaban J connectivity index is 1.83. The molecule has 0 spiro atoms. The van der Waals surface area contributed by atoms with Crippen LogP contribution in [0.3, 0.4) is 0 Å². The van der Waals surface area contributed by atoms with Gasteiger partial charge in [0.05, 0.1) is 23.5 Å². The van der Waals surface area contributed by atoms with Gasteiger partial charge in [0.2, 0.25) is 0 Å². The number of benzene rings is 1. The first kappa shape index (κ1) is 13.8. The monoisotopic (exact) mass is 298 g/mol. The van der Waals surface area contributed by atoms with Gasteiger partial charge in [-0.15, -0.1) is 5.10 Å². The molecule has 110 valence electrons. The fraction of sp³-hybridized carbons (Fsp3) is 0.0714. The van der Waals surface area contributed by atoms with Crippen molar-refractivity contribution in [2.75, 3.05) is 0 Å². The predicted molar refractivity (Wildman–Crippen MR) is 74.5 cm³/mol. The zero-order chi connectivity index (χ0) is 15.4. The minimum atomic E-state index is -0.480.